The van der Waals surface area contributed by atoms with E-state index in [1.54, 1.807) is 12.3 Å². The molecule has 2 heterocycles. The van der Waals surface area contributed by atoms with Gasteiger partial charge in [-0.15, -0.1) is 0 Å². The van der Waals surface area contributed by atoms with Gasteiger partial charge in [0.25, 0.3) is 5.91 Å². The van der Waals surface area contributed by atoms with Crippen molar-refractivity contribution in [3.05, 3.63) is 60.5 Å². The Labute approximate surface area is 136 Å². The van der Waals surface area contributed by atoms with Crippen LogP contribution in [-0.2, 0) is 14.3 Å². The molecule has 0 bridgehead atoms. The number of benzene rings is 1. The van der Waals surface area contributed by atoms with Crippen LogP contribution in [0.4, 0.5) is 5.82 Å². The van der Waals surface area contributed by atoms with E-state index >= 15 is 0 Å². The van der Waals surface area contributed by atoms with Crippen LogP contribution in [0.25, 0.3) is 17.0 Å². The van der Waals surface area contributed by atoms with Gasteiger partial charge in [-0.05, 0) is 12.1 Å². The number of fused-ring (bicyclic) bond motifs is 1. The summed E-state index contributed by atoms with van der Waals surface area (Å²) in [5, 5.41) is 6.91. The van der Waals surface area contributed by atoms with Crippen molar-refractivity contribution < 1.29 is 18.8 Å². The molecule has 0 atom stereocenters. The molecular weight excluding hydrogens is 310 g/mol. The van der Waals surface area contributed by atoms with Crippen LogP contribution in [0.5, 0.6) is 0 Å². The van der Waals surface area contributed by atoms with Crippen molar-refractivity contribution in [2.24, 2.45) is 0 Å². The van der Waals surface area contributed by atoms with E-state index in [9.17, 15) is 9.59 Å². The Hall–Kier alpha value is -3.48. The summed E-state index contributed by atoms with van der Waals surface area (Å²) in [4.78, 5) is 27.6. The molecule has 0 spiro atoms. The zero-order chi connectivity index (χ0) is 16.8. The Morgan fingerprint density at radius 3 is 2.92 bits per heavy atom. The van der Waals surface area contributed by atoms with Crippen LogP contribution in [0.1, 0.15) is 5.56 Å². The average Bonchev–Trinajstić information content (AvgIpc) is 3.11. The fraction of sp³-hybridized carbons (Fsp3) is 0.0588. The first kappa shape index (κ1) is 15.4. The number of nitrogens with one attached hydrogen (secondary N) is 1. The van der Waals surface area contributed by atoms with Gasteiger partial charge in [-0.2, -0.15) is 0 Å². The highest BCUT2D eigenvalue weighted by atomic mass is 16.5. The first-order chi connectivity index (χ1) is 11.7. The fourth-order valence-corrected chi connectivity index (χ4v) is 2.06. The molecule has 3 rings (SSSR count). The van der Waals surface area contributed by atoms with E-state index in [2.05, 4.69) is 20.0 Å². The summed E-state index contributed by atoms with van der Waals surface area (Å²) in [6.45, 7) is -0.413. The second-order valence-electron chi connectivity index (χ2n) is 4.80. The van der Waals surface area contributed by atoms with E-state index in [1.807, 2.05) is 30.3 Å². The van der Waals surface area contributed by atoms with E-state index in [-0.39, 0.29) is 5.82 Å². The third-order valence-corrected chi connectivity index (χ3v) is 3.11. The van der Waals surface area contributed by atoms with E-state index in [0.29, 0.717) is 0 Å². The van der Waals surface area contributed by atoms with Crippen LogP contribution in [0.3, 0.4) is 0 Å². The lowest BCUT2D eigenvalue weighted by Gasteiger charge is -2.02. The van der Waals surface area contributed by atoms with Crippen LogP contribution >= 0.6 is 0 Å². The highest BCUT2D eigenvalue weighted by molar-refractivity contribution is 5.95. The molecule has 0 aliphatic heterocycles. The molecule has 7 nitrogen and oxygen atoms in total. The number of aromatic nitrogens is 2. The molecular formula is C17H13N3O4. The summed E-state index contributed by atoms with van der Waals surface area (Å²) in [5.74, 6) is -0.871. The SMILES string of the molecule is O=C(COC(=O)/C=C/c1cccc2cccnc12)Nc1ccon1. The zero-order valence-electron chi connectivity index (χ0n) is 12.5. The standard InChI is InChI=1S/C17H13N3O4/c21-15(19-14-8-10-24-20-14)11-23-16(22)7-6-13-4-1-3-12-5-2-9-18-17(12)13/h1-10H,11H2,(H,19,20,21)/b7-6+. The van der Waals surface area contributed by atoms with Gasteiger partial charge in [0.1, 0.15) is 6.26 Å². The molecule has 7 heteroatoms. The number of rotatable bonds is 5. The van der Waals surface area contributed by atoms with E-state index in [1.165, 1.54) is 18.4 Å². The molecule has 24 heavy (non-hydrogen) atoms. The minimum Gasteiger partial charge on any atom is -0.452 e. The molecule has 0 saturated carbocycles. The van der Waals surface area contributed by atoms with Crippen LogP contribution in [-0.4, -0.2) is 28.6 Å². The van der Waals surface area contributed by atoms with Gasteiger partial charge in [-0.3, -0.25) is 9.78 Å². The van der Waals surface area contributed by atoms with Gasteiger partial charge in [-0.1, -0.05) is 29.4 Å². The summed E-state index contributed by atoms with van der Waals surface area (Å²) < 4.78 is 9.44. The van der Waals surface area contributed by atoms with Gasteiger partial charge < -0.3 is 14.6 Å². The van der Waals surface area contributed by atoms with Gasteiger partial charge >= 0.3 is 5.97 Å². The Kier molecular flexibility index (Phi) is 4.62. The molecule has 0 fully saturated rings. The highest BCUT2D eigenvalue weighted by Crippen LogP contribution is 2.17. The molecule has 0 aliphatic rings. The lowest BCUT2D eigenvalue weighted by atomic mass is 10.1. The molecule has 0 saturated heterocycles. The van der Waals surface area contributed by atoms with Crippen LogP contribution < -0.4 is 5.32 Å². The number of amides is 1. The van der Waals surface area contributed by atoms with E-state index in [4.69, 9.17) is 4.74 Å². The molecule has 0 unspecified atom stereocenters. The molecule has 1 aromatic carbocycles. The number of anilines is 1. The van der Waals surface area contributed by atoms with Crippen molar-refractivity contribution >= 4 is 34.7 Å². The molecule has 0 radical (unpaired) electrons. The first-order valence-corrected chi connectivity index (χ1v) is 7.11. The minimum atomic E-state index is -0.627. The molecule has 120 valence electrons. The van der Waals surface area contributed by atoms with Crippen LogP contribution in [0, 0.1) is 0 Å². The lowest BCUT2D eigenvalue weighted by Crippen LogP contribution is -2.20. The second-order valence-corrected chi connectivity index (χ2v) is 4.80. The lowest BCUT2D eigenvalue weighted by molar-refractivity contribution is -0.142. The molecule has 2 aromatic heterocycles. The number of carbonyl (C=O) groups excluding carboxylic acids is 2. The Balaban J connectivity index is 1.58. The Bertz CT molecular complexity index is 883. The largest absolute Gasteiger partial charge is 0.452 e. The van der Waals surface area contributed by atoms with Crippen LogP contribution in [0.15, 0.2) is 59.5 Å². The summed E-state index contributed by atoms with van der Waals surface area (Å²) in [6.07, 6.45) is 5.87. The normalized spacial score (nSPS) is 10.8. The number of ether oxygens (including phenoxy) is 1. The number of hydrogen-bond donors (Lipinski definition) is 1. The Morgan fingerprint density at radius 2 is 2.08 bits per heavy atom. The van der Waals surface area contributed by atoms with E-state index < -0.39 is 18.5 Å². The summed E-state index contributed by atoms with van der Waals surface area (Å²) in [6, 6.07) is 10.9. The number of carbonyl (C=O) groups is 2. The number of nitrogens with zero attached hydrogens (tertiary/aromatic N) is 2. The predicted molar refractivity (Wildman–Crippen MR) is 86.9 cm³/mol. The number of para-hydroxylation sites is 1. The third-order valence-electron chi connectivity index (χ3n) is 3.11. The fourth-order valence-electron chi connectivity index (χ4n) is 2.06. The summed E-state index contributed by atoms with van der Waals surface area (Å²) in [5.41, 5.74) is 1.57. The van der Waals surface area contributed by atoms with Gasteiger partial charge in [0, 0.05) is 29.3 Å². The van der Waals surface area contributed by atoms with Crippen LogP contribution in [0.2, 0.25) is 0 Å². The molecule has 3 aromatic rings. The van der Waals surface area contributed by atoms with Crippen molar-refractivity contribution in [2.75, 3.05) is 11.9 Å². The number of hydrogen-bond acceptors (Lipinski definition) is 6. The molecule has 1 amide bonds. The van der Waals surface area contributed by atoms with Gasteiger partial charge in [0.05, 0.1) is 5.52 Å². The van der Waals surface area contributed by atoms with Crippen molar-refractivity contribution in [1.82, 2.24) is 10.1 Å². The predicted octanol–water partition coefficient (Wildman–Crippen LogP) is 2.42. The first-order valence-electron chi connectivity index (χ1n) is 7.11. The average molecular weight is 323 g/mol. The van der Waals surface area contributed by atoms with Crippen molar-refractivity contribution in [1.29, 1.82) is 0 Å². The highest BCUT2D eigenvalue weighted by Gasteiger charge is 2.07. The van der Waals surface area contributed by atoms with Gasteiger partial charge in [0.15, 0.2) is 12.4 Å². The van der Waals surface area contributed by atoms with Gasteiger partial charge in [0.2, 0.25) is 0 Å². The zero-order valence-corrected chi connectivity index (χ0v) is 12.5. The van der Waals surface area contributed by atoms with Crippen molar-refractivity contribution in [3.8, 4) is 0 Å². The minimum absolute atomic E-state index is 0.258. The summed E-state index contributed by atoms with van der Waals surface area (Å²) >= 11 is 0. The van der Waals surface area contributed by atoms with Crippen molar-refractivity contribution in [3.63, 3.8) is 0 Å². The number of esters is 1. The smallest absolute Gasteiger partial charge is 0.331 e. The maximum atomic E-state index is 11.7. The summed E-state index contributed by atoms with van der Waals surface area (Å²) in [7, 11) is 0. The maximum absolute atomic E-state index is 11.7. The third kappa shape index (κ3) is 3.83. The van der Waals surface area contributed by atoms with Gasteiger partial charge in [-0.25, -0.2) is 4.79 Å². The topological polar surface area (TPSA) is 94.3 Å². The second kappa shape index (κ2) is 7.19. The Morgan fingerprint density at radius 1 is 1.21 bits per heavy atom. The maximum Gasteiger partial charge on any atom is 0.331 e. The monoisotopic (exact) mass is 323 g/mol. The quantitative estimate of drug-likeness (QED) is 0.572. The number of pyridine rings is 1. The molecule has 1 N–H and O–H groups in total. The van der Waals surface area contributed by atoms with Crippen molar-refractivity contribution in [2.45, 2.75) is 0 Å². The van der Waals surface area contributed by atoms with E-state index in [0.717, 1.165) is 16.5 Å². The molecule has 0 aliphatic carbocycles.